The molecule has 0 amide bonds. The summed E-state index contributed by atoms with van der Waals surface area (Å²) in [5, 5.41) is 10.4. The minimum atomic E-state index is -0.428. The van der Waals surface area contributed by atoms with Crippen LogP contribution in [0.1, 0.15) is 18.4 Å². The van der Waals surface area contributed by atoms with Gasteiger partial charge in [-0.05, 0) is 48.7 Å². The van der Waals surface area contributed by atoms with Crippen molar-refractivity contribution < 1.29 is 9.13 Å². The molecule has 3 aromatic rings. The highest BCUT2D eigenvalue weighted by atomic mass is 19.1. The molecule has 1 heterocycles. The maximum atomic E-state index is 13.8. The fraction of sp³-hybridized carbons (Fsp3) is 0.182. The number of hydrogen-bond donors (Lipinski definition) is 0. The van der Waals surface area contributed by atoms with Crippen molar-refractivity contribution in [1.82, 2.24) is 4.57 Å². The maximum Gasteiger partial charge on any atom is 0.269 e. The first kappa shape index (κ1) is 18.4. The monoisotopic (exact) mass is 362 g/mol. The van der Waals surface area contributed by atoms with Gasteiger partial charge in [-0.25, -0.2) is 4.39 Å². The molecule has 4 nitrogen and oxygen atoms in total. The number of benzene rings is 2. The van der Waals surface area contributed by atoms with Crippen LogP contribution in [0.5, 0.6) is 5.75 Å². The van der Waals surface area contributed by atoms with E-state index in [1.165, 1.54) is 12.1 Å². The van der Waals surface area contributed by atoms with Crippen LogP contribution >= 0.6 is 0 Å². The van der Waals surface area contributed by atoms with Crippen LogP contribution < -0.4 is 10.3 Å². The summed E-state index contributed by atoms with van der Waals surface area (Å²) in [6.07, 6.45) is 3.29. The Morgan fingerprint density at radius 3 is 2.78 bits per heavy atom. The second-order valence-corrected chi connectivity index (χ2v) is 6.14. The zero-order chi connectivity index (χ0) is 19.4. The first-order valence-corrected chi connectivity index (χ1v) is 8.62. The largest absolute Gasteiger partial charge is 0.497 e. The highest BCUT2D eigenvalue weighted by molar-refractivity contribution is 5.98. The Labute approximate surface area is 156 Å². The molecule has 0 fully saturated rings. The lowest BCUT2D eigenvalue weighted by molar-refractivity contribution is 0.415. The average molecular weight is 362 g/mol. The number of ether oxygens (including phenoxy) is 1. The first-order valence-electron chi connectivity index (χ1n) is 8.62. The number of aryl methyl sites for hydroxylation is 1. The molecule has 0 aliphatic carbocycles. The second kappa shape index (κ2) is 7.88. The molecule has 0 saturated heterocycles. The van der Waals surface area contributed by atoms with E-state index in [9.17, 15) is 14.4 Å². The van der Waals surface area contributed by atoms with Crippen LogP contribution in [0.3, 0.4) is 0 Å². The predicted octanol–water partition coefficient (Wildman–Crippen LogP) is 4.65. The molecule has 0 N–H and O–H groups in total. The van der Waals surface area contributed by atoms with Crippen LogP contribution in [0, 0.1) is 17.1 Å². The van der Waals surface area contributed by atoms with Crippen LogP contribution in [0.4, 0.5) is 4.39 Å². The minimum Gasteiger partial charge on any atom is -0.497 e. The number of aromatic nitrogens is 1. The van der Waals surface area contributed by atoms with Gasteiger partial charge in [0.15, 0.2) is 0 Å². The Kier molecular flexibility index (Phi) is 5.37. The third kappa shape index (κ3) is 3.47. The number of methoxy groups -OCH3 is 1. The Bertz CT molecular complexity index is 1110. The van der Waals surface area contributed by atoms with Crippen LogP contribution in [-0.4, -0.2) is 11.7 Å². The van der Waals surface area contributed by atoms with Crippen molar-refractivity contribution in [3.8, 4) is 22.9 Å². The zero-order valence-corrected chi connectivity index (χ0v) is 15.0. The number of allylic oxidation sites excluding steroid dienone is 1. The van der Waals surface area contributed by atoms with Gasteiger partial charge in [0.25, 0.3) is 5.56 Å². The van der Waals surface area contributed by atoms with Gasteiger partial charge in [0, 0.05) is 17.5 Å². The molecule has 0 radical (unpaired) electrons. The highest BCUT2D eigenvalue weighted by Gasteiger charge is 2.19. The zero-order valence-electron chi connectivity index (χ0n) is 15.0. The topological polar surface area (TPSA) is 55.0 Å². The van der Waals surface area contributed by atoms with Crippen molar-refractivity contribution in [3.05, 3.63) is 76.9 Å². The van der Waals surface area contributed by atoms with E-state index in [1.54, 1.807) is 48.1 Å². The Morgan fingerprint density at radius 1 is 1.30 bits per heavy atom. The molecule has 1 aromatic heterocycles. The summed E-state index contributed by atoms with van der Waals surface area (Å²) < 4.78 is 20.7. The minimum absolute atomic E-state index is 0.0000406. The fourth-order valence-corrected chi connectivity index (χ4v) is 3.23. The molecule has 3 rings (SSSR count). The van der Waals surface area contributed by atoms with Gasteiger partial charge in [0.05, 0.1) is 12.6 Å². The van der Waals surface area contributed by atoms with E-state index in [0.29, 0.717) is 34.3 Å². The molecule has 27 heavy (non-hydrogen) atoms. The van der Waals surface area contributed by atoms with Gasteiger partial charge < -0.3 is 9.30 Å². The molecule has 0 saturated carbocycles. The van der Waals surface area contributed by atoms with E-state index in [1.807, 2.05) is 6.07 Å². The quantitative estimate of drug-likeness (QED) is 0.474. The molecule has 0 atom stereocenters. The Morgan fingerprint density at radius 2 is 2.11 bits per heavy atom. The van der Waals surface area contributed by atoms with Crippen LogP contribution in [0.25, 0.3) is 22.0 Å². The molecule has 5 heteroatoms. The molecule has 0 unspecified atom stereocenters. The number of fused-ring (bicyclic) bond motifs is 1. The van der Waals surface area contributed by atoms with Crippen molar-refractivity contribution in [2.24, 2.45) is 0 Å². The molecule has 0 aliphatic rings. The van der Waals surface area contributed by atoms with Crippen molar-refractivity contribution >= 4 is 10.9 Å². The van der Waals surface area contributed by atoms with E-state index >= 15 is 0 Å². The summed E-state index contributed by atoms with van der Waals surface area (Å²) in [7, 11) is 1.55. The number of halogens is 1. The summed E-state index contributed by atoms with van der Waals surface area (Å²) in [5.74, 6) is 0.169. The lowest BCUT2D eigenvalue weighted by atomic mass is 9.96. The van der Waals surface area contributed by atoms with Gasteiger partial charge >= 0.3 is 0 Å². The van der Waals surface area contributed by atoms with E-state index in [4.69, 9.17) is 4.74 Å². The summed E-state index contributed by atoms with van der Waals surface area (Å²) in [4.78, 5) is 13.0. The molecule has 0 aliphatic heterocycles. The number of pyridine rings is 1. The lowest BCUT2D eigenvalue weighted by Crippen LogP contribution is -2.24. The van der Waals surface area contributed by atoms with Crippen LogP contribution in [0.2, 0.25) is 0 Å². The number of hydrogen-bond acceptors (Lipinski definition) is 3. The highest BCUT2D eigenvalue weighted by Crippen LogP contribution is 2.33. The molecule has 136 valence electrons. The van der Waals surface area contributed by atoms with E-state index in [-0.39, 0.29) is 11.1 Å². The van der Waals surface area contributed by atoms with Crippen molar-refractivity contribution in [1.29, 1.82) is 5.26 Å². The average Bonchev–Trinajstić information content (AvgIpc) is 2.68. The van der Waals surface area contributed by atoms with Crippen LogP contribution in [-0.2, 0) is 6.54 Å². The predicted molar refractivity (Wildman–Crippen MR) is 104 cm³/mol. The van der Waals surface area contributed by atoms with Crippen LogP contribution in [0.15, 0.2) is 59.9 Å². The number of unbranched alkanes of at least 4 members (excludes halogenated alkanes) is 1. The van der Waals surface area contributed by atoms with Gasteiger partial charge in [-0.2, -0.15) is 5.26 Å². The normalized spacial score (nSPS) is 10.6. The van der Waals surface area contributed by atoms with Gasteiger partial charge in [-0.1, -0.05) is 18.2 Å². The van der Waals surface area contributed by atoms with Crippen molar-refractivity contribution in [2.45, 2.75) is 19.4 Å². The van der Waals surface area contributed by atoms with Gasteiger partial charge in [0.2, 0.25) is 0 Å². The fourth-order valence-electron chi connectivity index (χ4n) is 3.23. The Balaban J connectivity index is 2.40. The van der Waals surface area contributed by atoms with Gasteiger partial charge in [-0.3, -0.25) is 4.79 Å². The summed E-state index contributed by atoms with van der Waals surface area (Å²) in [6, 6.07) is 13.3. The molecular formula is C22H19FN2O2. The molecular weight excluding hydrogens is 343 g/mol. The smallest absolute Gasteiger partial charge is 0.269 e. The maximum absolute atomic E-state index is 13.8. The number of rotatable bonds is 6. The summed E-state index contributed by atoms with van der Waals surface area (Å²) in [6.45, 7) is 4.17. The van der Waals surface area contributed by atoms with E-state index in [0.717, 1.165) is 12.8 Å². The first-order chi connectivity index (χ1) is 13.1. The second-order valence-electron chi connectivity index (χ2n) is 6.14. The number of nitriles is 1. The third-order valence-corrected chi connectivity index (χ3v) is 4.49. The molecule has 0 bridgehead atoms. The lowest BCUT2D eigenvalue weighted by Gasteiger charge is -2.16. The van der Waals surface area contributed by atoms with Crippen molar-refractivity contribution in [3.63, 3.8) is 0 Å². The Hall–Kier alpha value is -3.39. The van der Waals surface area contributed by atoms with Crippen molar-refractivity contribution in [2.75, 3.05) is 7.11 Å². The number of nitrogens with zero attached hydrogens (tertiary/aromatic N) is 2. The van der Waals surface area contributed by atoms with Gasteiger partial charge in [0.1, 0.15) is 23.2 Å². The SMILES string of the molecule is C=CCCCn1c(=O)c(C#N)c(-c2cccc(F)c2)c2cc(OC)ccc21. The third-order valence-electron chi connectivity index (χ3n) is 4.49. The van der Waals surface area contributed by atoms with E-state index < -0.39 is 5.82 Å². The molecule has 0 spiro atoms. The van der Waals surface area contributed by atoms with Gasteiger partial charge in [-0.15, -0.1) is 6.58 Å². The standard InChI is InChI=1S/C22H19FN2O2/c1-3-4-5-11-25-20-10-9-17(27-2)13-18(20)21(19(14-24)22(25)26)15-7-6-8-16(23)12-15/h3,6-10,12-13H,1,4-5,11H2,2H3. The van der Waals surface area contributed by atoms with E-state index in [2.05, 4.69) is 6.58 Å². The molecule has 2 aromatic carbocycles. The summed E-state index contributed by atoms with van der Waals surface area (Å²) >= 11 is 0. The summed E-state index contributed by atoms with van der Waals surface area (Å²) in [5.41, 5.74) is 1.22.